The second-order valence-electron chi connectivity index (χ2n) is 6.99. The fourth-order valence-corrected chi connectivity index (χ4v) is 3.73. The number of nitrogens with zero attached hydrogens (tertiary/aromatic N) is 1. The lowest BCUT2D eigenvalue weighted by Gasteiger charge is -2.35. The molecule has 2 aliphatic heterocycles. The Labute approximate surface area is 143 Å². The van der Waals surface area contributed by atoms with Crippen molar-refractivity contribution in [1.29, 1.82) is 0 Å². The minimum Gasteiger partial charge on any atom is -0.450 e. The number of amides is 2. The molecule has 0 spiro atoms. The molecule has 0 saturated carbocycles. The molecule has 1 aromatic rings. The van der Waals surface area contributed by atoms with Gasteiger partial charge in [-0.25, -0.2) is 4.79 Å². The van der Waals surface area contributed by atoms with Crippen LogP contribution < -0.4 is 5.32 Å². The van der Waals surface area contributed by atoms with Crippen LogP contribution >= 0.6 is 0 Å². The first-order valence-electron chi connectivity index (χ1n) is 8.87. The number of piperidine rings is 1. The maximum Gasteiger partial charge on any atom is 0.407 e. The number of cyclic esters (lactones) is 1. The van der Waals surface area contributed by atoms with E-state index in [9.17, 15) is 9.59 Å². The van der Waals surface area contributed by atoms with Gasteiger partial charge in [-0.2, -0.15) is 0 Å². The number of hydrogen-bond acceptors (Lipinski definition) is 3. The first-order valence-corrected chi connectivity index (χ1v) is 8.87. The molecule has 130 valence electrons. The molecule has 5 heteroatoms. The Morgan fingerprint density at radius 1 is 1.38 bits per heavy atom. The average molecular weight is 330 g/mol. The molecule has 2 atom stereocenters. The maximum absolute atomic E-state index is 12.8. The second kappa shape index (κ2) is 7.69. The van der Waals surface area contributed by atoms with E-state index in [2.05, 4.69) is 36.5 Å². The molecule has 0 radical (unpaired) electrons. The smallest absolute Gasteiger partial charge is 0.407 e. The van der Waals surface area contributed by atoms with Gasteiger partial charge in [0.2, 0.25) is 5.91 Å². The highest BCUT2D eigenvalue weighted by atomic mass is 16.5. The van der Waals surface area contributed by atoms with Gasteiger partial charge in [0.15, 0.2) is 0 Å². The number of likely N-dealkylation sites (tertiary alicyclic amines) is 1. The van der Waals surface area contributed by atoms with Crippen molar-refractivity contribution in [1.82, 2.24) is 10.2 Å². The van der Waals surface area contributed by atoms with Crippen molar-refractivity contribution >= 4 is 12.0 Å². The second-order valence-corrected chi connectivity index (χ2v) is 6.99. The van der Waals surface area contributed by atoms with E-state index in [1.54, 1.807) is 0 Å². The highest BCUT2D eigenvalue weighted by Crippen LogP contribution is 2.23. The van der Waals surface area contributed by atoms with Crippen LogP contribution in [0, 0.1) is 18.8 Å². The van der Waals surface area contributed by atoms with Gasteiger partial charge in [0.25, 0.3) is 0 Å². The summed E-state index contributed by atoms with van der Waals surface area (Å²) in [6.45, 7) is 4.47. The van der Waals surface area contributed by atoms with Crippen LogP contribution in [0.5, 0.6) is 0 Å². The number of carbonyl (C=O) groups is 2. The van der Waals surface area contributed by atoms with Crippen molar-refractivity contribution in [3.05, 3.63) is 35.4 Å². The zero-order valence-electron chi connectivity index (χ0n) is 14.3. The summed E-state index contributed by atoms with van der Waals surface area (Å²) in [7, 11) is 0. The monoisotopic (exact) mass is 330 g/mol. The molecule has 2 saturated heterocycles. The van der Waals surface area contributed by atoms with Crippen LogP contribution in [-0.2, 0) is 16.0 Å². The number of rotatable bonds is 3. The van der Waals surface area contributed by atoms with Crippen LogP contribution in [0.25, 0.3) is 0 Å². The highest BCUT2D eigenvalue weighted by molar-refractivity contribution is 5.80. The van der Waals surface area contributed by atoms with Crippen LogP contribution in [0.2, 0.25) is 0 Å². The fourth-order valence-electron chi connectivity index (χ4n) is 3.73. The molecule has 2 aliphatic rings. The number of ether oxygens (including phenoxy) is 1. The van der Waals surface area contributed by atoms with E-state index in [0.29, 0.717) is 25.5 Å². The Morgan fingerprint density at radius 2 is 2.25 bits per heavy atom. The maximum atomic E-state index is 12.8. The molecule has 3 rings (SSSR count). The number of alkyl carbamates (subject to hydrolysis) is 1. The number of benzene rings is 1. The highest BCUT2D eigenvalue weighted by Gasteiger charge is 2.30. The molecule has 0 aliphatic carbocycles. The topological polar surface area (TPSA) is 58.6 Å². The van der Waals surface area contributed by atoms with Gasteiger partial charge in [0, 0.05) is 19.6 Å². The van der Waals surface area contributed by atoms with Gasteiger partial charge in [-0.1, -0.05) is 29.8 Å². The molecule has 24 heavy (non-hydrogen) atoms. The third-order valence-electron chi connectivity index (χ3n) is 4.98. The Bertz CT molecular complexity index is 602. The summed E-state index contributed by atoms with van der Waals surface area (Å²) < 4.78 is 4.96. The average Bonchev–Trinajstić information content (AvgIpc) is 2.79. The van der Waals surface area contributed by atoms with Gasteiger partial charge in [-0.3, -0.25) is 4.79 Å². The lowest BCUT2D eigenvalue weighted by molar-refractivity contribution is -0.137. The summed E-state index contributed by atoms with van der Waals surface area (Å²) in [6.07, 6.45) is 3.44. The van der Waals surface area contributed by atoms with Crippen molar-refractivity contribution in [2.24, 2.45) is 11.8 Å². The van der Waals surface area contributed by atoms with Crippen LogP contribution in [0.1, 0.15) is 30.4 Å². The van der Waals surface area contributed by atoms with E-state index in [1.807, 2.05) is 4.90 Å². The van der Waals surface area contributed by atoms with E-state index in [0.717, 1.165) is 25.9 Å². The Hall–Kier alpha value is -2.04. The van der Waals surface area contributed by atoms with Crippen LogP contribution in [-0.4, -0.2) is 43.1 Å². The van der Waals surface area contributed by atoms with Gasteiger partial charge in [0.1, 0.15) is 0 Å². The van der Waals surface area contributed by atoms with Crippen LogP contribution in [0.15, 0.2) is 24.3 Å². The lowest BCUT2D eigenvalue weighted by atomic mass is 9.90. The molecule has 2 fully saturated rings. The van der Waals surface area contributed by atoms with E-state index >= 15 is 0 Å². The van der Waals surface area contributed by atoms with Gasteiger partial charge >= 0.3 is 6.09 Å². The molecular formula is C19H26N2O3. The van der Waals surface area contributed by atoms with Gasteiger partial charge in [0.05, 0.1) is 12.5 Å². The predicted octanol–water partition coefficient (Wildman–Crippen LogP) is 2.52. The SMILES string of the molecule is Cc1cccc(C[C@@H]2CCCN(C(=O)[C@@H]3CCOC(=O)NC3)C2)c1. The predicted molar refractivity (Wildman–Crippen MR) is 91.6 cm³/mol. The van der Waals surface area contributed by atoms with Crippen molar-refractivity contribution < 1.29 is 14.3 Å². The summed E-state index contributed by atoms with van der Waals surface area (Å²) in [6, 6.07) is 8.62. The lowest BCUT2D eigenvalue weighted by Crippen LogP contribution is -2.45. The quantitative estimate of drug-likeness (QED) is 0.926. The van der Waals surface area contributed by atoms with Crippen molar-refractivity contribution in [3.63, 3.8) is 0 Å². The first kappa shape index (κ1) is 16.8. The largest absolute Gasteiger partial charge is 0.450 e. The molecule has 0 unspecified atom stereocenters. The molecule has 0 bridgehead atoms. The minimum atomic E-state index is -0.415. The Kier molecular flexibility index (Phi) is 5.38. The third kappa shape index (κ3) is 4.28. The number of nitrogens with one attached hydrogen (secondary N) is 1. The normalized spacial score (nSPS) is 24.7. The van der Waals surface area contributed by atoms with Crippen molar-refractivity contribution in [2.75, 3.05) is 26.2 Å². The zero-order valence-corrected chi connectivity index (χ0v) is 14.3. The fraction of sp³-hybridized carbons (Fsp3) is 0.579. The number of aryl methyl sites for hydroxylation is 1. The van der Waals surface area contributed by atoms with E-state index < -0.39 is 6.09 Å². The van der Waals surface area contributed by atoms with Gasteiger partial charge in [-0.05, 0) is 44.1 Å². The minimum absolute atomic E-state index is 0.158. The first-order chi connectivity index (χ1) is 11.6. The molecule has 5 nitrogen and oxygen atoms in total. The van der Waals surface area contributed by atoms with E-state index in [4.69, 9.17) is 4.74 Å². The summed E-state index contributed by atoms with van der Waals surface area (Å²) in [5.41, 5.74) is 2.63. The summed E-state index contributed by atoms with van der Waals surface area (Å²) in [5, 5.41) is 2.66. The number of carbonyl (C=O) groups excluding carboxylic acids is 2. The van der Waals surface area contributed by atoms with Gasteiger partial charge in [-0.15, -0.1) is 0 Å². The Balaban J connectivity index is 1.58. The zero-order chi connectivity index (χ0) is 16.9. The summed E-state index contributed by atoms with van der Waals surface area (Å²) in [4.78, 5) is 26.0. The Morgan fingerprint density at radius 3 is 3.08 bits per heavy atom. The van der Waals surface area contributed by atoms with Crippen molar-refractivity contribution in [3.8, 4) is 0 Å². The molecule has 1 aromatic carbocycles. The van der Waals surface area contributed by atoms with Crippen molar-refractivity contribution in [2.45, 2.75) is 32.6 Å². The van der Waals surface area contributed by atoms with Crippen LogP contribution in [0.3, 0.4) is 0 Å². The molecule has 0 aromatic heterocycles. The summed E-state index contributed by atoms with van der Waals surface area (Å²) in [5.74, 6) is 0.519. The molecule has 2 amide bonds. The van der Waals surface area contributed by atoms with E-state index in [1.165, 1.54) is 17.5 Å². The number of hydrogen-bond donors (Lipinski definition) is 1. The summed E-state index contributed by atoms with van der Waals surface area (Å²) >= 11 is 0. The molecule has 2 heterocycles. The third-order valence-corrected chi connectivity index (χ3v) is 4.98. The van der Waals surface area contributed by atoms with Gasteiger partial charge < -0.3 is 15.0 Å². The molecular weight excluding hydrogens is 304 g/mol. The van der Waals surface area contributed by atoms with Crippen LogP contribution in [0.4, 0.5) is 4.79 Å². The standard InChI is InChI=1S/C19H26N2O3/c1-14-4-2-5-15(10-14)11-16-6-3-8-21(13-16)18(22)17-7-9-24-19(23)20-12-17/h2,4-5,10,16-17H,3,6-9,11-13H2,1H3,(H,20,23)/t16-,17+/m0/s1. The molecule has 1 N–H and O–H groups in total. The van der Waals surface area contributed by atoms with E-state index in [-0.39, 0.29) is 11.8 Å².